The normalized spacial score (nSPS) is 18.3. The Balaban J connectivity index is 1.15. The number of carbonyl (C=O) groups excluding carboxylic acids is 1. The van der Waals surface area contributed by atoms with E-state index in [1.807, 2.05) is 30.3 Å². The van der Waals surface area contributed by atoms with Crippen LogP contribution in [0.4, 0.5) is 4.39 Å². The van der Waals surface area contributed by atoms with Crippen LogP contribution in [0.3, 0.4) is 0 Å². The van der Waals surface area contributed by atoms with E-state index in [-0.39, 0.29) is 24.1 Å². The summed E-state index contributed by atoms with van der Waals surface area (Å²) in [4.78, 5) is 16.7. The molecule has 2 aromatic carbocycles. The van der Waals surface area contributed by atoms with Gasteiger partial charge in [0.1, 0.15) is 11.5 Å². The number of carbonyl (C=O) groups is 1. The molecule has 1 aliphatic carbocycles. The van der Waals surface area contributed by atoms with Gasteiger partial charge < -0.3 is 9.73 Å². The predicted molar refractivity (Wildman–Crippen MR) is 123 cm³/mol. The maximum absolute atomic E-state index is 13.7. The molecule has 0 bridgehead atoms. The third-order valence-corrected chi connectivity index (χ3v) is 6.41. The van der Waals surface area contributed by atoms with Crippen LogP contribution in [0.5, 0.6) is 0 Å². The molecule has 1 aliphatic rings. The molecule has 2 heterocycles. The summed E-state index contributed by atoms with van der Waals surface area (Å²) < 4.78 is 19.8. The number of amides is 1. The van der Waals surface area contributed by atoms with Crippen molar-refractivity contribution >= 4 is 16.7 Å². The van der Waals surface area contributed by atoms with E-state index >= 15 is 0 Å². The van der Waals surface area contributed by atoms with Crippen molar-refractivity contribution < 1.29 is 13.6 Å². The molecule has 1 amide bonds. The molecule has 0 spiro atoms. The Bertz CT molecular complexity index is 1260. The highest BCUT2D eigenvalue weighted by atomic mass is 19.1. The summed E-state index contributed by atoms with van der Waals surface area (Å²) in [5.41, 5.74) is 1.13. The molecule has 1 fully saturated rings. The first-order valence-corrected chi connectivity index (χ1v) is 11.3. The van der Waals surface area contributed by atoms with Crippen LogP contribution in [0, 0.1) is 11.7 Å². The fraction of sp³-hybridized carbons (Fsp3) is 0.308. The number of benzene rings is 2. The van der Waals surface area contributed by atoms with Gasteiger partial charge in [-0.25, -0.2) is 4.39 Å². The smallest absolute Gasteiger partial charge is 0.266 e. The molecule has 0 aliphatic heterocycles. The molecule has 2 aromatic heterocycles. The van der Waals surface area contributed by atoms with Gasteiger partial charge >= 0.3 is 0 Å². The zero-order valence-electron chi connectivity index (χ0n) is 18.2. The Morgan fingerprint density at radius 2 is 1.79 bits per heavy atom. The lowest BCUT2D eigenvalue weighted by molar-refractivity contribution is -0.120. The van der Waals surface area contributed by atoms with Crippen LogP contribution in [0.2, 0.25) is 0 Å². The Labute approximate surface area is 191 Å². The maximum Gasteiger partial charge on any atom is 0.266 e. The summed E-state index contributed by atoms with van der Waals surface area (Å²) in [6.45, 7) is 0.606. The highest BCUT2D eigenvalue weighted by molar-refractivity contribution is 5.92. The number of nitrogens with one attached hydrogen (secondary N) is 1. The van der Waals surface area contributed by atoms with Crippen LogP contribution >= 0.6 is 0 Å². The zero-order valence-corrected chi connectivity index (χ0v) is 18.2. The first kappa shape index (κ1) is 21.2. The fourth-order valence-electron chi connectivity index (χ4n) is 4.53. The van der Waals surface area contributed by atoms with E-state index in [9.17, 15) is 9.18 Å². The predicted octanol–water partition coefficient (Wildman–Crippen LogP) is 5.06. The second kappa shape index (κ2) is 9.48. The van der Waals surface area contributed by atoms with Crippen molar-refractivity contribution in [1.29, 1.82) is 0 Å². The molecule has 4 aromatic rings. The molecule has 33 heavy (non-hydrogen) atoms. The number of nitrogens with zero attached hydrogens (tertiary/aromatic N) is 3. The molecular formula is C26H25FN4O2. The van der Waals surface area contributed by atoms with Gasteiger partial charge in [0.2, 0.25) is 11.8 Å². The van der Waals surface area contributed by atoms with Crippen molar-refractivity contribution in [2.24, 2.45) is 5.92 Å². The second-order valence-corrected chi connectivity index (χ2v) is 8.62. The number of hydrogen-bond acceptors (Lipinski definition) is 5. The topological polar surface area (TPSA) is 80.9 Å². The van der Waals surface area contributed by atoms with Crippen molar-refractivity contribution in [3.8, 4) is 11.6 Å². The minimum atomic E-state index is -0.342. The van der Waals surface area contributed by atoms with Crippen LogP contribution in [-0.4, -0.2) is 27.6 Å². The van der Waals surface area contributed by atoms with Crippen LogP contribution in [0.25, 0.3) is 22.4 Å². The lowest BCUT2D eigenvalue weighted by atomic mass is 9.82. The van der Waals surface area contributed by atoms with Crippen LogP contribution < -0.4 is 5.32 Å². The van der Waals surface area contributed by atoms with Crippen LogP contribution in [0.1, 0.15) is 43.1 Å². The molecule has 7 heteroatoms. The van der Waals surface area contributed by atoms with E-state index in [0.717, 1.165) is 36.5 Å². The van der Waals surface area contributed by atoms with Crippen molar-refractivity contribution in [2.45, 2.75) is 38.0 Å². The summed E-state index contributed by atoms with van der Waals surface area (Å²) in [7, 11) is 0. The number of halogens is 1. The number of fused-ring (bicyclic) bond motifs is 1. The average molecular weight is 445 g/mol. The molecule has 1 saturated carbocycles. The Kier molecular flexibility index (Phi) is 6.11. The number of pyridine rings is 1. The van der Waals surface area contributed by atoms with Gasteiger partial charge in [-0.1, -0.05) is 42.5 Å². The molecule has 5 rings (SSSR count). The van der Waals surface area contributed by atoms with Crippen molar-refractivity contribution in [2.75, 3.05) is 6.54 Å². The molecule has 0 unspecified atom stereocenters. The maximum atomic E-state index is 13.7. The molecule has 6 nitrogen and oxygen atoms in total. The number of hydrogen-bond donors (Lipinski definition) is 1. The van der Waals surface area contributed by atoms with Gasteiger partial charge in [-0.15, -0.1) is 10.2 Å². The van der Waals surface area contributed by atoms with E-state index in [2.05, 4.69) is 20.5 Å². The van der Waals surface area contributed by atoms with Gasteiger partial charge in [-0.3, -0.25) is 9.78 Å². The van der Waals surface area contributed by atoms with E-state index < -0.39 is 0 Å². The van der Waals surface area contributed by atoms with Gasteiger partial charge in [0.05, 0.1) is 6.42 Å². The minimum Gasteiger partial charge on any atom is -0.419 e. The lowest BCUT2D eigenvalue weighted by Gasteiger charge is -2.26. The largest absolute Gasteiger partial charge is 0.419 e. The Morgan fingerprint density at radius 3 is 2.64 bits per heavy atom. The number of rotatable bonds is 6. The highest BCUT2D eigenvalue weighted by Crippen LogP contribution is 2.36. The Hall–Kier alpha value is -3.61. The summed E-state index contributed by atoms with van der Waals surface area (Å²) >= 11 is 0. The van der Waals surface area contributed by atoms with Crippen molar-refractivity contribution in [3.63, 3.8) is 0 Å². The summed E-state index contributed by atoms with van der Waals surface area (Å²) in [5.74, 6) is 1.22. The SMILES string of the molecule is O=C(Cc1ccccc1F)NCC1CCC(c2nnc(-c3nccc4ccccc34)o2)CC1. The summed E-state index contributed by atoms with van der Waals surface area (Å²) in [6.07, 6.45) is 5.61. The third-order valence-electron chi connectivity index (χ3n) is 6.41. The first-order valence-electron chi connectivity index (χ1n) is 11.3. The molecule has 0 atom stereocenters. The van der Waals surface area contributed by atoms with Gasteiger partial charge in [0.15, 0.2) is 0 Å². The molecule has 168 valence electrons. The van der Waals surface area contributed by atoms with Crippen LogP contribution in [0.15, 0.2) is 65.2 Å². The molecular weight excluding hydrogens is 419 g/mol. The second-order valence-electron chi connectivity index (χ2n) is 8.62. The zero-order chi connectivity index (χ0) is 22.6. The molecule has 1 N–H and O–H groups in total. The quantitative estimate of drug-likeness (QED) is 0.450. The molecule has 0 radical (unpaired) electrons. The van der Waals surface area contributed by atoms with Gasteiger partial charge in [0, 0.05) is 24.0 Å². The lowest BCUT2D eigenvalue weighted by Crippen LogP contribution is -2.32. The Morgan fingerprint density at radius 1 is 1.00 bits per heavy atom. The van der Waals surface area contributed by atoms with Crippen molar-refractivity contribution in [3.05, 3.63) is 78.1 Å². The van der Waals surface area contributed by atoms with E-state index in [1.54, 1.807) is 24.4 Å². The monoisotopic (exact) mass is 444 g/mol. The fourth-order valence-corrected chi connectivity index (χ4v) is 4.53. The van der Waals surface area contributed by atoms with Crippen molar-refractivity contribution in [1.82, 2.24) is 20.5 Å². The van der Waals surface area contributed by atoms with Gasteiger partial charge in [-0.05, 0) is 54.7 Å². The van der Waals surface area contributed by atoms with Gasteiger partial charge in [-0.2, -0.15) is 0 Å². The number of aromatic nitrogens is 3. The van der Waals surface area contributed by atoms with E-state index in [1.165, 1.54) is 6.07 Å². The van der Waals surface area contributed by atoms with Gasteiger partial charge in [0.25, 0.3) is 5.89 Å². The standard InChI is InChI=1S/C26H25FN4O2/c27-22-8-4-2-6-20(22)15-23(32)29-16-17-9-11-19(12-10-17)25-30-31-26(33-25)24-21-7-3-1-5-18(21)13-14-28-24/h1-8,13-14,17,19H,9-12,15-16H2,(H,29,32). The minimum absolute atomic E-state index is 0.0645. The summed E-state index contributed by atoms with van der Waals surface area (Å²) in [6, 6.07) is 16.4. The van der Waals surface area contributed by atoms with E-state index in [0.29, 0.717) is 35.5 Å². The average Bonchev–Trinajstić information content (AvgIpc) is 3.34. The van der Waals surface area contributed by atoms with E-state index in [4.69, 9.17) is 4.42 Å². The first-order chi connectivity index (χ1) is 16.2. The molecule has 0 saturated heterocycles. The van der Waals surface area contributed by atoms with Crippen LogP contribution in [-0.2, 0) is 11.2 Å². The third kappa shape index (κ3) is 4.77. The highest BCUT2D eigenvalue weighted by Gasteiger charge is 2.27. The summed E-state index contributed by atoms with van der Waals surface area (Å²) in [5, 5.41) is 13.6.